The number of anilines is 1. The predicted octanol–water partition coefficient (Wildman–Crippen LogP) is 4.93. The molecule has 1 atom stereocenters. The Morgan fingerprint density at radius 1 is 1.03 bits per heavy atom. The largest absolute Gasteiger partial charge is 0.459 e. The molecule has 1 aliphatic carbocycles. The van der Waals surface area contributed by atoms with Crippen LogP contribution in [0.4, 0.5) is 10.1 Å². The van der Waals surface area contributed by atoms with Gasteiger partial charge in [-0.1, -0.05) is 37.1 Å². The molecule has 178 valence electrons. The number of nitrogens with zero attached hydrogens (tertiary/aromatic N) is 2. The van der Waals surface area contributed by atoms with E-state index in [1.54, 1.807) is 24.3 Å². The highest BCUT2D eigenvalue weighted by Gasteiger charge is 2.34. The Morgan fingerprint density at radius 3 is 2.29 bits per heavy atom. The van der Waals surface area contributed by atoms with Crippen molar-refractivity contribution in [2.24, 2.45) is 0 Å². The van der Waals surface area contributed by atoms with Crippen LogP contribution in [-0.4, -0.2) is 36.9 Å². The van der Waals surface area contributed by atoms with Gasteiger partial charge < -0.3 is 19.5 Å². The average Bonchev–Trinajstić information content (AvgIpc) is 3.54. The van der Waals surface area contributed by atoms with Gasteiger partial charge in [0.05, 0.1) is 6.26 Å². The highest BCUT2D eigenvalue weighted by Crippen LogP contribution is 2.29. The molecule has 0 spiro atoms. The lowest BCUT2D eigenvalue weighted by Crippen LogP contribution is -2.45. The lowest BCUT2D eigenvalue weighted by atomic mass is 10.0. The van der Waals surface area contributed by atoms with Crippen LogP contribution in [0.15, 0.2) is 71.3 Å². The first-order valence-corrected chi connectivity index (χ1v) is 11.6. The number of nitrogens with one attached hydrogen (secondary N) is 1. The molecule has 1 heterocycles. The van der Waals surface area contributed by atoms with Gasteiger partial charge in [-0.25, -0.2) is 4.39 Å². The molecular weight excluding hydrogens is 433 g/mol. The summed E-state index contributed by atoms with van der Waals surface area (Å²) >= 11 is 0. The van der Waals surface area contributed by atoms with Crippen LogP contribution in [0.5, 0.6) is 0 Å². The van der Waals surface area contributed by atoms with E-state index >= 15 is 0 Å². The smallest absolute Gasteiger partial charge is 0.290 e. The standard InChI is InChI=1S/C27H30FN3O3/c1-30(2)23-15-11-20(12-16-23)25(26(32)29-22-6-3-4-7-22)31(27(33)24-8-5-17-34-24)18-19-9-13-21(28)14-10-19/h5,8-17,22,25H,3-4,6-7,18H2,1-2H3,(H,29,32). The first kappa shape index (κ1) is 23.5. The lowest BCUT2D eigenvalue weighted by molar-refractivity contribution is -0.126. The summed E-state index contributed by atoms with van der Waals surface area (Å²) in [5.41, 5.74) is 2.40. The summed E-state index contributed by atoms with van der Waals surface area (Å²) in [5, 5.41) is 3.16. The third-order valence-corrected chi connectivity index (χ3v) is 6.25. The predicted molar refractivity (Wildman–Crippen MR) is 129 cm³/mol. The van der Waals surface area contributed by atoms with Gasteiger partial charge >= 0.3 is 0 Å². The van der Waals surface area contributed by atoms with Crippen LogP contribution in [0.25, 0.3) is 0 Å². The van der Waals surface area contributed by atoms with Crippen molar-refractivity contribution in [1.82, 2.24) is 10.2 Å². The molecule has 1 saturated carbocycles. The summed E-state index contributed by atoms with van der Waals surface area (Å²) in [6, 6.07) is 16.0. The van der Waals surface area contributed by atoms with Crippen LogP contribution < -0.4 is 10.2 Å². The van der Waals surface area contributed by atoms with Gasteiger partial charge in [-0.15, -0.1) is 0 Å². The molecule has 2 aromatic carbocycles. The minimum absolute atomic E-state index is 0.0995. The zero-order valence-electron chi connectivity index (χ0n) is 19.5. The molecule has 2 amide bonds. The van der Waals surface area contributed by atoms with Crippen molar-refractivity contribution in [2.75, 3.05) is 19.0 Å². The number of benzene rings is 2. The number of amides is 2. The summed E-state index contributed by atoms with van der Waals surface area (Å²) in [5.74, 6) is -0.850. The van der Waals surface area contributed by atoms with E-state index < -0.39 is 11.9 Å². The Kier molecular flexibility index (Phi) is 7.30. The summed E-state index contributed by atoms with van der Waals surface area (Å²) < 4.78 is 18.9. The summed E-state index contributed by atoms with van der Waals surface area (Å²) in [6.45, 7) is 0.123. The topological polar surface area (TPSA) is 65.8 Å². The third-order valence-electron chi connectivity index (χ3n) is 6.25. The van der Waals surface area contributed by atoms with E-state index in [4.69, 9.17) is 4.42 Å². The van der Waals surface area contributed by atoms with Gasteiger partial charge in [0.1, 0.15) is 11.9 Å². The van der Waals surface area contributed by atoms with Gasteiger partial charge in [0, 0.05) is 32.4 Å². The first-order valence-electron chi connectivity index (χ1n) is 11.6. The van der Waals surface area contributed by atoms with E-state index in [2.05, 4.69) is 5.32 Å². The molecule has 0 bridgehead atoms. The maximum Gasteiger partial charge on any atom is 0.290 e. The molecule has 3 aromatic rings. The molecule has 34 heavy (non-hydrogen) atoms. The second kappa shape index (κ2) is 10.5. The van der Waals surface area contributed by atoms with E-state index in [-0.39, 0.29) is 30.1 Å². The number of furan rings is 1. The Bertz CT molecular complexity index is 1090. The second-order valence-corrected chi connectivity index (χ2v) is 8.92. The van der Waals surface area contributed by atoms with Gasteiger partial charge in [-0.2, -0.15) is 0 Å². The fourth-order valence-electron chi connectivity index (χ4n) is 4.39. The Hall–Kier alpha value is -3.61. The molecule has 4 rings (SSSR count). The van der Waals surface area contributed by atoms with Gasteiger partial charge in [0.2, 0.25) is 5.91 Å². The Morgan fingerprint density at radius 2 is 1.71 bits per heavy atom. The minimum atomic E-state index is -0.875. The molecule has 1 aliphatic rings. The van der Waals surface area contributed by atoms with Crippen molar-refractivity contribution in [3.63, 3.8) is 0 Å². The number of carbonyl (C=O) groups excluding carboxylic acids is 2. The van der Waals surface area contributed by atoms with Crippen molar-refractivity contribution in [2.45, 2.75) is 44.3 Å². The maximum absolute atomic E-state index is 13.7. The molecule has 7 heteroatoms. The van der Waals surface area contributed by atoms with E-state index in [0.29, 0.717) is 11.1 Å². The molecule has 6 nitrogen and oxygen atoms in total. The monoisotopic (exact) mass is 463 g/mol. The number of hydrogen-bond donors (Lipinski definition) is 1. The molecule has 1 N–H and O–H groups in total. The van der Waals surface area contributed by atoms with Crippen LogP contribution in [0.3, 0.4) is 0 Å². The summed E-state index contributed by atoms with van der Waals surface area (Å²) in [4.78, 5) is 30.7. The lowest BCUT2D eigenvalue weighted by Gasteiger charge is -2.32. The zero-order valence-corrected chi connectivity index (χ0v) is 19.5. The second-order valence-electron chi connectivity index (χ2n) is 8.92. The number of halogens is 1. The fourth-order valence-corrected chi connectivity index (χ4v) is 4.39. The SMILES string of the molecule is CN(C)c1ccc(C(C(=O)NC2CCCC2)N(Cc2ccc(F)cc2)C(=O)c2ccco2)cc1. The molecule has 0 saturated heterocycles. The quantitative estimate of drug-likeness (QED) is 0.515. The maximum atomic E-state index is 13.7. The van der Waals surface area contributed by atoms with Gasteiger partial charge in [-0.05, 0) is 60.4 Å². The Labute approximate surface area is 199 Å². The van der Waals surface area contributed by atoms with E-state index in [9.17, 15) is 14.0 Å². The van der Waals surface area contributed by atoms with Gasteiger partial charge in [0.15, 0.2) is 5.76 Å². The van der Waals surface area contributed by atoms with E-state index in [0.717, 1.165) is 31.4 Å². The van der Waals surface area contributed by atoms with Gasteiger partial charge in [0.25, 0.3) is 5.91 Å². The molecular formula is C27H30FN3O3. The molecule has 0 radical (unpaired) electrons. The van der Waals surface area contributed by atoms with Crippen LogP contribution in [0, 0.1) is 5.82 Å². The minimum Gasteiger partial charge on any atom is -0.459 e. The highest BCUT2D eigenvalue weighted by atomic mass is 19.1. The van der Waals surface area contributed by atoms with E-state index in [1.807, 2.05) is 43.3 Å². The number of hydrogen-bond acceptors (Lipinski definition) is 4. The average molecular weight is 464 g/mol. The summed E-state index contributed by atoms with van der Waals surface area (Å²) in [7, 11) is 3.89. The van der Waals surface area contributed by atoms with Crippen LogP contribution in [0.1, 0.15) is 53.4 Å². The zero-order chi connectivity index (χ0) is 24.1. The molecule has 1 unspecified atom stereocenters. The molecule has 1 aromatic heterocycles. The summed E-state index contributed by atoms with van der Waals surface area (Å²) in [6.07, 6.45) is 5.46. The van der Waals surface area contributed by atoms with Crippen molar-refractivity contribution in [3.05, 3.63) is 89.6 Å². The molecule has 0 aliphatic heterocycles. The fraction of sp³-hybridized carbons (Fsp3) is 0.333. The van der Waals surface area contributed by atoms with Crippen LogP contribution in [0.2, 0.25) is 0 Å². The first-order chi connectivity index (χ1) is 16.4. The number of carbonyl (C=O) groups is 2. The van der Waals surface area contributed by atoms with Crippen LogP contribution in [-0.2, 0) is 11.3 Å². The van der Waals surface area contributed by atoms with Crippen LogP contribution >= 0.6 is 0 Å². The van der Waals surface area contributed by atoms with E-state index in [1.165, 1.54) is 23.3 Å². The van der Waals surface area contributed by atoms with Crippen molar-refractivity contribution in [1.29, 1.82) is 0 Å². The van der Waals surface area contributed by atoms with Crippen molar-refractivity contribution >= 4 is 17.5 Å². The normalized spacial score (nSPS) is 14.6. The highest BCUT2D eigenvalue weighted by molar-refractivity contribution is 5.96. The molecule has 1 fully saturated rings. The van der Waals surface area contributed by atoms with Crippen molar-refractivity contribution in [3.8, 4) is 0 Å². The van der Waals surface area contributed by atoms with Gasteiger partial charge in [-0.3, -0.25) is 9.59 Å². The van der Waals surface area contributed by atoms with Crippen molar-refractivity contribution < 1.29 is 18.4 Å². The Balaban J connectivity index is 1.73. The third kappa shape index (κ3) is 5.47. The number of rotatable bonds is 8.